The van der Waals surface area contributed by atoms with Crippen molar-refractivity contribution < 1.29 is 17.7 Å². The second-order valence-corrected chi connectivity index (χ2v) is 10.4. The van der Waals surface area contributed by atoms with E-state index in [9.17, 15) is 13.2 Å². The molecule has 0 atom stereocenters. The molecule has 0 aliphatic carbocycles. The number of carbonyl (C=O) groups excluding carboxylic acids is 1. The van der Waals surface area contributed by atoms with E-state index in [1.807, 2.05) is 24.3 Å². The highest BCUT2D eigenvalue weighted by Gasteiger charge is 2.32. The summed E-state index contributed by atoms with van der Waals surface area (Å²) in [7, 11) is -3.68. The van der Waals surface area contributed by atoms with Gasteiger partial charge in [0.05, 0.1) is 5.75 Å². The van der Waals surface area contributed by atoms with Crippen molar-refractivity contribution in [1.29, 1.82) is 0 Å². The van der Waals surface area contributed by atoms with Gasteiger partial charge in [-0.25, -0.2) is 8.42 Å². The number of hydrogen-bond donors (Lipinski definition) is 0. The van der Waals surface area contributed by atoms with E-state index in [1.165, 1.54) is 16.1 Å². The van der Waals surface area contributed by atoms with Crippen molar-refractivity contribution in [2.75, 3.05) is 31.9 Å². The van der Waals surface area contributed by atoms with E-state index in [2.05, 4.69) is 21.1 Å². The van der Waals surface area contributed by atoms with Crippen molar-refractivity contribution in [2.45, 2.75) is 30.1 Å². The molecular weight excluding hydrogens is 466 g/mol. The minimum atomic E-state index is -3.68. The van der Waals surface area contributed by atoms with Crippen molar-refractivity contribution >= 4 is 43.6 Å². The van der Waals surface area contributed by atoms with Crippen molar-refractivity contribution in [1.82, 2.24) is 14.4 Å². The molecule has 1 aromatic heterocycles. The molecule has 1 aliphatic rings. The van der Waals surface area contributed by atoms with Gasteiger partial charge in [0.15, 0.2) is 5.76 Å². The van der Waals surface area contributed by atoms with Crippen molar-refractivity contribution in [3.8, 4) is 0 Å². The molecule has 0 N–H and O–H groups in total. The maximum Gasteiger partial charge on any atom is 0.248 e. The summed E-state index contributed by atoms with van der Waals surface area (Å²) >= 11 is 4.87. The third-order valence-electron chi connectivity index (χ3n) is 4.55. The monoisotopic (exact) mass is 487 g/mol. The van der Waals surface area contributed by atoms with Crippen LogP contribution in [0.1, 0.15) is 17.9 Å². The molecule has 0 radical (unpaired) electrons. The average Bonchev–Trinajstić information content (AvgIpc) is 2.86. The Morgan fingerprint density at radius 2 is 1.89 bits per heavy atom. The van der Waals surface area contributed by atoms with Gasteiger partial charge >= 0.3 is 0 Å². The van der Waals surface area contributed by atoms with Crippen LogP contribution in [0, 0.1) is 13.8 Å². The zero-order chi connectivity index (χ0) is 20.3. The van der Waals surface area contributed by atoms with Gasteiger partial charge in [0.25, 0.3) is 0 Å². The first-order chi connectivity index (χ1) is 13.3. The topological polar surface area (TPSA) is 83.7 Å². The second kappa shape index (κ2) is 8.98. The molecule has 1 saturated heterocycles. The molecule has 2 heterocycles. The lowest BCUT2D eigenvalue weighted by Gasteiger charge is -2.21. The number of benzene rings is 1. The van der Waals surface area contributed by atoms with Gasteiger partial charge in [-0.2, -0.15) is 4.31 Å². The summed E-state index contributed by atoms with van der Waals surface area (Å²) < 4.78 is 33.4. The Hall–Kier alpha value is -1.36. The van der Waals surface area contributed by atoms with Crippen LogP contribution in [0.2, 0.25) is 0 Å². The predicted molar refractivity (Wildman–Crippen MR) is 111 cm³/mol. The first-order valence-electron chi connectivity index (χ1n) is 8.88. The van der Waals surface area contributed by atoms with Crippen LogP contribution in [0.5, 0.6) is 0 Å². The maximum absolute atomic E-state index is 13.0. The highest BCUT2D eigenvalue weighted by molar-refractivity contribution is 9.10. The molecule has 7 nitrogen and oxygen atoms in total. The number of carbonyl (C=O) groups is 1. The predicted octanol–water partition coefficient (Wildman–Crippen LogP) is 3.07. The molecule has 1 amide bonds. The minimum absolute atomic E-state index is 0.0181. The summed E-state index contributed by atoms with van der Waals surface area (Å²) in [6.07, 6.45) is 0.595. The molecule has 0 bridgehead atoms. The Kier molecular flexibility index (Phi) is 6.85. The van der Waals surface area contributed by atoms with Gasteiger partial charge in [-0.1, -0.05) is 21.1 Å². The zero-order valence-electron chi connectivity index (χ0n) is 15.7. The number of halogens is 1. The van der Waals surface area contributed by atoms with Gasteiger partial charge in [-0.15, -0.1) is 11.8 Å². The van der Waals surface area contributed by atoms with E-state index < -0.39 is 10.0 Å². The average molecular weight is 488 g/mol. The molecule has 0 unspecified atom stereocenters. The summed E-state index contributed by atoms with van der Waals surface area (Å²) in [5.41, 5.74) is 0.362. The van der Waals surface area contributed by atoms with E-state index in [0.29, 0.717) is 43.3 Å². The van der Waals surface area contributed by atoms with Crippen molar-refractivity contribution in [3.63, 3.8) is 0 Å². The molecule has 0 saturated carbocycles. The van der Waals surface area contributed by atoms with Crippen LogP contribution in [0.15, 0.2) is 43.1 Å². The smallest absolute Gasteiger partial charge is 0.248 e. The number of aromatic nitrogens is 1. The highest BCUT2D eigenvalue weighted by atomic mass is 79.9. The van der Waals surface area contributed by atoms with Crippen LogP contribution in [-0.2, 0) is 14.8 Å². The van der Waals surface area contributed by atoms with Crippen LogP contribution < -0.4 is 0 Å². The van der Waals surface area contributed by atoms with Crippen LogP contribution in [0.4, 0.5) is 0 Å². The number of hydrogen-bond acceptors (Lipinski definition) is 6. The fourth-order valence-electron chi connectivity index (χ4n) is 3.12. The quantitative estimate of drug-likeness (QED) is 0.602. The molecule has 3 rings (SSSR count). The number of thioether (sulfide) groups is 1. The fraction of sp³-hybridized carbons (Fsp3) is 0.444. The number of nitrogens with zero attached hydrogens (tertiary/aromatic N) is 3. The van der Waals surface area contributed by atoms with Gasteiger partial charge in [0.1, 0.15) is 10.6 Å². The zero-order valence-corrected chi connectivity index (χ0v) is 18.9. The maximum atomic E-state index is 13.0. The number of rotatable bonds is 5. The van der Waals surface area contributed by atoms with Crippen LogP contribution >= 0.6 is 27.7 Å². The molecular formula is C18H22BrN3O4S2. The molecule has 10 heteroatoms. The van der Waals surface area contributed by atoms with E-state index in [4.69, 9.17) is 4.52 Å². The van der Waals surface area contributed by atoms with E-state index in [1.54, 1.807) is 18.7 Å². The summed E-state index contributed by atoms with van der Waals surface area (Å²) in [5.74, 6) is 0.642. The van der Waals surface area contributed by atoms with Crippen LogP contribution in [0.3, 0.4) is 0 Å². The standard InChI is InChI=1S/C18H22BrN3O4S2/c1-13-18(14(2)26-20-13)28(24,25)22-9-3-8-21(10-11-22)17(23)12-27-16-6-4-15(19)5-7-16/h4-7H,3,8-12H2,1-2H3. The lowest BCUT2D eigenvalue weighted by Crippen LogP contribution is -2.38. The lowest BCUT2D eigenvalue weighted by atomic mass is 10.4. The molecule has 1 aromatic carbocycles. The van der Waals surface area contributed by atoms with E-state index in [0.717, 1.165) is 9.37 Å². The Balaban J connectivity index is 1.61. The summed E-state index contributed by atoms with van der Waals surface area (Å²) in [6.45, 7) is 4.78. The first-order valence-corrected chi connectivity index (χ1v) is 12.1. The second-order valence-electron chi connectivity index (χ2n) is 6.53. The normalized spacial score (nSPS) is 16.2. The molecule has 0 spiro atoms. The summed E-state index contributed by atoms with van der Waals surface area (Å²) in [4.78, 5) is 15.5. The van der Waals surface area contributed by atoms with Crippen LogP contribution in [0.25, 0.3) is 0 Å². The fourth-order valence-corrected chi connectivity index (χ4v) is 5.95. The van der Waals surface area contributed by atoms with Gasteiger partial charge in [-0.05, 0) is 44.5 Å². The van der Waals surface area contributed by atoms with Crippen molar-refractivity contribution in [3.05, 3.63) is 40.2 Å². The Morgan fingerprint density at radius 3 is 2.54 bits per heavy atom. The van der Waals surface area contributed by atoms with Gasteiger partial charge in [0.2, 0.25) is 15.9 Å². The number of amides is 1. The molecule has 2 aromatic rings. The lowest BCUT2D eigenvalue weighted by molar-refractivity contribution is -0.128. The molecule has 28 heavy (non-hydrogen) atoms. The minimum Gasteiger partial charge on any atom is -0.360 e. The Morgan fingerprint density at radius 1 is 1.18 bits per heavy atom. The molecule has 1 aliphatic heterocycles. The van der Waals surface area contributed by atoms with Gasteiger partial charge in [-0.3, -0.25) is 4.79 Å². The Labute approximate surface area is 177 Å². The third kappa shape index (κ3) is 4.79. The SMILES string of the molecule is Cc1noc(C)c1S(=O)(=O)N1CCCN(C(=O)CSc2ccc(Br)cc2)CC1. The van der Waals surface area contributed by atoms with E-state index in [-0.39, 0.29) is 17.3 Å². The number of sulfonamides is 1. The third-order valence-corrected chi connectivity index (χ3v) is 8.22. The first kappa shape index (κ1) is 21.4. The van der Waals surface area contributed by atoms with Crippen molar-refractivity contribution in [2.24, 2.45) is 0 Å². The molecule has 152 valence electrons. The Bertz CT molecular complexity index is 925. The van der Waals surface area contributed by atoms with Crippen LogP contribution in [-0.4, -0.2) is 60.6 Å². The van der Waals surface area contributed by atoms with Gasteiger partial charge in [0, 0.05) is 35.5 Å². The van der Waals surface area contributed by atoms with E-state index >= 15 is 0 Å². The largest absolute Gasteiger partial charge is 0.360 e. The number of aryl methyl sites for hydroxylation is 2. The summed E-state index contributed by atoms with van der Waals surface area (Å²) in [6, 6.07) is 7.80. The van der Waals surface area contributed by atoms with Gasteiger partial charge < -0.3 is 9.42 Å². The summed E-state index contributed by atoms with van der Waals surface area (Å²) in [5, 5.41) is 3.75. The highest BCUT2D eigenvalue weighted by Crippen LogP contribution is 2.25. The molecule has 1 fully saturated rings.